The van der Waals surface area contributed by atoms with Crippen LogP contribution in [0.2, 0.25) is 0 Å². The number of amides is 1. The highest BCUT2D eigenvalue weighted by Gasteiger charge is 2.20. The summed E-state index contributed by atoms with van der Waals surface area (Å²) in [7, 11) is 0. The first-order valence-electron chi connectivity index (χ1n) is 8.34. The summed E-state index contributed by atoms with van der Waals surface area (Å²) in [5.41, 5.74) is 1.62. The fourth-order valence-corrected chi connectivity index (χ4v) is 3.54. The van der Waals surface area contributed by atoms with Crippen molar-refractivity contribution in [3.05, 3.63) is 52.7 Å². The molecule has 1 aromatic carbocycles. The van der Waals surface area contributed by atoms with Crippen molar-refractivity contribution in [2.24, 2.45) is 0 Å². The summed E-state index contributed by atoms with van der Waals surface area (Å²) in [4.78, 5) is 24.9. The van der Waals surface area contributed by atoms with Crippen molar-refractivity contribution < 1.29 is 4.79 Å². The summed E-state index contributed by atoms with van der Waals surface area (Å²) in [5.74, 6) is 1.09. The number of aromatic nitrogens is 2. The highest BCUT2D eigenvalue weighted by atomic mass is 32.1. The van der Waals surface area contributed by atoms with Crippen molar-refractivity contribution in [2.75, 3.05) is 23.3 Å². The molecule has 25 heavy (non-hydrogen) atoms. The lowest BCUT2D eigenvalue weighted by atomic mass is 10.3. The van der Waals surface area contributed by atoms with E-state index in [0.29, 0.717) is 5.82 Å². The van der Waals surface area contributed by atoms with Gasteiger partial charge in [0.15, 0.2) is 11.6 Å². The molecular weight excluding hydrogens is 332 g/mol. The average molecular weight is 350 g/mol. The van der Waals surface area contributed by atoms with E-state index in [0.717, 1.165) is 47.7 Å². The molecule has 0 saturated carbocycles. The fraction of sp³-hybridized carbons (Fsp3) is 0.211. The molecule has 0 atom stereocenters. The number of para-hydroxylation sites is 2. The molecule has 0 unspecified atom stereocenters. The molecule has 2 aromatic heterocycles. The third-order valence-electron chi connectivity index (χ3n) is 4.14. The average Bonchev–Trinajstić information content (AvgIpc) is 3.33. The van der Waals surface area contributed by atoms with E-state index in [1.807, 2.05) is 47.9 Å². The second kappa shape index (κ2) is 7.03. The monoisotopic (exact) mass is 350 g/mol. The molecule has 0 radical (unpaired) electrons. The molecule has 0 bridgehead atoms. The minimum atomic E-state index is -0.196. The van der Waals surface area contributed by atoms with Crippen LogP contribution in [0.5, 0.6) is 0 Å². The zero-order valence-electron chi connectivity index (χ0n) is 13.7. The Bertz CT molecular complexity index is 914. The van der Waals surface area contributed by atoms with Crippen LogP contribution in [0.1, 0.15) is 17.7 Å². The van der Waals surface area contributed by atoms with Crippen molar-refractivity contribution in [3.63, 3.8) is 0 Å². The number of hydrogen-bond acceptors (Lipinski definition) is 5. The molecule has 3 aromatic rings. The molecule has 1 aliphatic heterocycles. The van der Waals surface area contributed by atoms with Gasteiger partial charge in [0.2, 0.25) is 5.91 Å². The van der Waals surface area contributed by atoms with Gasteiger partial charge in [-0.1, -0.05) is 18.2 Å². The smallest absolute Gasteiger partial charge is 0.249 e. The maximum Gasteiger partial charge on any atom is 0.249 e. The molecule has 0 aliphatic carbocycles. The van der Waals surface area contributed by atoms with Crippen molar-refractivity contribution >= 4 is 46.0 Å². The molecule has 1 amide bonds. The minimum Gasteiger partial charge on any atom is -0.354 e. The zero-order chi connectivity index (χ0) is 17.1. The Morgan fingerprint density at radius 1 is 1.08 bits per heavy atom. The van der Waals surface area contributed by atoms with Crippen LogP contribution >= 0.6 is 11.3 Å². The van der Waals surface area contributed by atoms with Gasteiger partial charge in [0, 0.05) is 24.0 Å². The summed E-state index contributed by atoms with van der Waals surface area (Å²) in [5, 5.41) is 4.89. The minimum absolute atomic E-state index is 0.196. The van der Waals surface area contributed by atoms with E-state index in [2.05, 4.69) is 15.2 Å². The van der Waals surface area contributed by atoms with Crippen LogP contribution in [0, 0.1) is 0 Å². The summed E-state index contributed by atoms with van der Waals surface area (Å²) in [6.07, 6.45) is 5.63. The van der Waals surface area contributed by atoms with Gasteiger partial charge in [0.05, 0.1) is 11.0 Å². The highest BCUT2D eigenvalue weighted by molar-refractivity contribution is 7.10. The van der Waals surface area contributed by atoms with E-state index >= 15 is 0 Å². The van der Waals surface area contributed by atoms with Crippen LogP contribution in [-0.4, -0.2) is 29.0 Å². The summed E-state index contributed by atoms with van der Waals surface area (Å²) in [6.45, 7) is 1.89. The van der Waals surface area contributed by atoms with E-state index < -0.39 is 0 Å². The SMILES string of the molecule is O=C(/C=C/c1cccs1)Nc1nc2ccccc2nc1N1CCCC1. The van der Waals surface area contributed by atoms with Crippen molar-refractivity contribution in [2.45, 2.75) is 12.8 Å². The Morgan fingerprint density at radius 2 is 1.84 bits per heavy atom. The molecule has 4 rings (SSSR count). The first-order valence-corrected chi connectivity index (χ1v) is 9.22. The van der Waals surface area contributed by atoms with Gasteiger partial charge in [0.1, 0.15) is 0 Å². The Balaban J connectivity index is 1.64. The van der Waals surface area contributed by atoms with E-state index in [1.54, 1.807) is 11.3 Å². The lowest BCUT2D eigenvalue weighted by Gasteiger charge is -2.19. The van der Waals surface area contributed by atoms with Crippen molar-refractivity contribution in [1.29, 1.82) is 0 Å². The van der Waals surface area contributed by atoms with Crippen LogP contribution in [0.15, 0.2) is 47.9 Å². The second-order valence-corrected chi connectivity index (χ2v) is 6.90. The van der Waals surface area contributed by atoms with Crippen LogP contribution in [0.4, 0.5) is 11.6 Å². The van der Waals surface area contributed by atoms with Gasteiger partial charge in [-0.3, -0.25) is 4.79 Å². The van der Waals surface area contributed by atoms with Gasteiger partial charge in [-0.15, -0.1) is 11.3 Å². The molecule has 126 valence electrons. The molecule has 1 aliphatic rings. The maximum absolute atomic E-state index is 12.3. The molecule has 5 nitrogen and oxygen atoms in total. The predicted molar refractivity (Wildman–Crippen MR) is 103 cm³/mol. The van der Waals surface area contributed by atoms with E-state index in [4.69, 9.17) is 4.98 Å². The largest absolute Gasteiger partial charge is 0.354 e. The molecule has 1 saturated heterocycles. The second-order valence-electron chi connectivity index (χ2n) is 5.92. The van der Waals surface area contributed by atoms with Crippen LogP contribution in [-0.2, 0) is 4.79 Å². The van der Waals surface area contributed by atoms with E-state index in [9.17, 15) is 4.79 Å². The van der Waals surface area contributed by atoms with Gasteiger partial charge in [0.25, 0.3) is 0 Å². The summed E-state index contributed by atoms with van der Waals surface area (Å²) >= 11 is 1.59. The zero-order valence-corrected chi connectivity index (χ0v) is 14.5. The van der Waals surface area contributed by atoms with Crippen molar-refractivity contribution in [3.8, 4) is 0 Å². The maximum atomic E-state index is 12.3. The van der Waals surface area contributed by atoms with Crippen LogP contribution in [0.25, 0.3) is 17.1 Å². The molecule has 1 fully saturated rings. The number of fused-ring (bicyclic) bond motifs is 1. The van der Waals surface area contributed by atoms with Crippen molar-refractivity contribution in [1.82, 2.24) is 9.97 Å². The molecule has 6 heteroatoms. The normalized spacial score (nSPS) is 14.5. The Labute approximate surface area is 150 Å². The summed E-state index contributed by atoms with van der Waals surface area (Å²) < 4.78 is 0. The number of carbonyl (C=O) groups is 1. The third-order valence-corrected chi connectivity index (χ3v) is 4.98. The lowest BCUT2D eigenvalue weighted by Crippen LogP contribution is -2.22. The lowest BCUT2D eigenvalue weighted by molar-refractivity contribution is -0.111. The van der Waals surface area contributed by atoms with Gasteiger partial charge >= 0.3 is 0 Å². The van der Waals surface area contributed by atoms with Crippen LogP contribution < -0.4 is 10.2 Å². The van der Waals surface area contributed by atoms with Gasteiger partial charge in [-0.05, 0) is 42.5 Å². The number of benzene rings is 1. The number of thiophene rings is 1. The summed E-state index contributed by atoms with van der Waals surface area (Å²) in [6, 6.07) is 11.7. The predicted octanol–water partition coefficient (Wildman–Crippen LogP) is 3.94. The highest BCUT2D eigenvalue weighted by Crippen LogP contribution is 2.27. The first-order chi connectivity index (χ1) is 12.3. The molecule has 0 spiro atoms. The number of nitrogens with zero attached hydrogens (tertiary/aromatic N) is 3. The topological polar surface area (TPSA) is 58.1 Å². The Morgan fingerprint density at radius 3 is 2.56 bits per heavy atom. The molecule has 3 heterocycles. The van der Waals surface area contributed by atoms with Gasteiger partial charge in [-0.25, -0.2) is 9.97 Å². The Kier molecular flexibility index (Phi) is 4.43. The number of hydrogen-bond donors (Lipinski definition) is 1. The fourth-order valence-electron chi connectivity index (χ4n) is 2.93. The van der Waals surface area contributed by atoms with E-state index in [1.165, 1.54) is 6.08 Å². The van der Waals surface area contributed by atoms with Gasteiger partial charge in [-0.2, -0.15) is 0 Å². The Hall–Kier alpha value is -2.73. The third kappa shape index (κ3) is 3.53. The number of rotatable bonds is 4. The number of anilines is 2. The van der Waals surface area contributed by atoms with Crippen LogP contribution in [0.3, 0.4) is 0 Å². The number of carbonyl (C=O) groups excluding carboxylic acids is 1. The molecular formula is C19H18N4OS. The standard InChI is InChI=1S/C19H18N4OS/c24-17(10-9-14-6-5-13-25-14)22-18-19(23-11-3-4-12-23)21-16-8-2-1-7-15(16)20-18/h1-2,5-10,13H,3-4,11-12H2,(H,20,22,24)/b10-9+. The quantitative estimate of drug-likeness (QED) is 0.724. The van der Waals surface area contributed by atoms with Gasteiger partial charge < -0.3 is 10.2 Å². The van der Waals surface area contributed by atoms with E-state index in [-0.39, 0.29) is 5.91 Å². The first kappa shape index (κ1) is 15.8. The molecule has 1 N–H and O–H groups in total. The number of nitrogens with one attached hydrogen (secondary N) is 1.